The van der Waals surface area contributed by atoms with E-state index in [-0.39, 0.29) is 0 Å². The van der Waals surface area contributed by atoms with Crippen LogP contribution in [0.2, 0.25) is 0 Å². The molecule has 1 aliphatic rings. The van der Waals surface area contributed by atoms with Crippen LogP contribution in [0.1, 0.15) is 52.9 Å². The van der Waals surface area contributed by atoms with Gasteiger partial charge in [0, 0.05) is 5.25 Å². The van der Waals surface area contributed by atoms with E-state index in [9.17, 15) is 5.11 Å². The van der Waals surface area contributed by atoms with Gasteiger partial charge in [-0.05, 0) is 44.8 Å². The molecule has 2 atom stereocenters. The Morgan fingerprint density at radius 1 is 1.36 bits per heavy atom. The van der Waals surface area contributed by atoms with E-state index in [1.165, 1.54) is 25.7 Å². The van der Waals surface area contributed by atoms with Crippen LogP contribution in [0.15, 0.2) is 0 Å². The zero-order chi connectivity index (χ0) is 10.6. The highest BCUT2D eigenvalue weighted by Gasteiger charge is 2.20. The summed E-state index contributed by atoms with van der Waals surface area (Å²) in [6.45, 7) is 6.16. The van der Waals surface area contributed by atoms with E-state index in [1.54, 1.807) is 0 Å². The SMILES string of the molecule is CC1CCCC(SCCC(C)(C)O)C1. The lowest BCUT2D eigenvalue weighted by Crippen LogP contribution is -2.21. The second kappa shape index (κ2) is 5.41. The minimum absolute atomic E-state index is 0.479. The number of hydrogen-bond donors (Lipinski definition) is 1. The van der Waals surface area contributed by atoms with Crippen molar-refractivity contribution in [1.29, 1.82) is 0 Å². The smallest absolute Gasteiger partial charge is 0.0599 e. The van der Waals surface area contributed by atoms with Crippen molar-refractivity contribution in [3.63, 3.8) is 0 Å². The van der Waals surface area contributed by atoms with Gasteiger partial charge < -0.3 is 5.11 Å². The van der Waals surface area contributed by atoms with E-state index in [2.05, 4.69) is 18.7 Å². The Kier molecular flexibility index (Phi) is 4.78. The molecule has 2 unspecified atom stereocenters. The molecule has 0 amide bonds. The molecule has 0 radical (unpaired) electrons. The first-order valence-corrected chi connectivity index (χ1v) is 6.86. The molecule has 2 heteroatoms. The Morgan fingerprint density at radius 3 is 2.64 bits per heavy atom. The molecule has 0 bridgehead atoms. The van der Waals surface area contributed by atoms with Crippen molar-refractivity contribution in [3.8, 4) is 0 Å². The van der Waals surface area contributed by atoms with Crippen molar-refractivity contribution in [2.24, 2.45) is 5.92 Å². The standard InChI is InChI=1S/C12H24OS/c1-10-5-4-6-11(9-10)14-8-7-12(2,3)13/h10-11,13H,4-9H2,1-3H3. The topological polar surface area (TPSA) is 20.2 Å². The minimum atomic E-state index is -0.479. The molecule has 1 aliphatic carbocycles. The van der Waals surface area contributed by atoms with Gasteiger partial charge in [-0.1, -0.05) is 19.8 Å². The monoisotopic (exact) mass is 216 g/mol. The molecule has 0 aliphatic heterocycles. The molecule has 1 rings (SSSR count). The summed E-state index contributed by atoms with van der Waals surface area (Å²) in [7, 11) is 0. The van der Waals surface area contributed by atoms with Crippen molar-refractivity contribution in [3.05, 3.63) is 0 Å². The van der Waals surface area contributed by atoms with Gasteiger partial charge in [-0.15, -0.1) is 0 Å². The molecule has 0 saturated heterocycles. The maximum absolute atomic E-state index is 9.59. The van der Waals surface area contributed by atoms with Gasteiger partial charge in [-0.2, -0.15) is 11.8 Å². The highest BCUT2D eigenvalue weighted by molar-refractivity contribution is 7.99. The van der Waals surface area contributed by atoms with E-state index >= 15 is 0 Å². The van der Waals surface area contributed by atoms with E-state index in [0.717, 1.165) is 23.3 Å². The van der Waals surface area contributed by atoms with Crippen molar-refractivity contribution in [2.45, 2.75) is 63.7 Å². The Labute approximate surface area is 92.7 Å². The predicted molar refractivity (Wildman–Crippen MR) is 64.8 cm³/mol. The van der Waals surface area contributed by atoms with Crippen molar-refractivity contribution in [1.82, 2.24) is 0 Å². The predicted octanol–water partition coefficient (Wildman–Crippen LogP) is 3.46. The molecule has 14 heavy (non-hydrogen) atoms. The highest BCUT2D eigenvalue weighted by atomic mass is 32.2. The molecule has 1 N–H and O–H groups in total. The van der Waals surface area contributed by atoms with E-state index < -0.39 is 5.60 Å². The van der Waals surface area contributed by atoms with Gasteiger partial charge in [-0.3, -0.25) is 0 Å². The average Bonchev–Trinajstić information content (AvgIpc) is 2.01. The molecular weight excluding hydrogens is 192 g/mol. The first-order valence-electron chi connectivity index (χ1n) is 5.81. The zero-order valence-electron chi connectivity index (χ0n) is 9.75. The number of rotatable bonds is 4. The highest BCUT2D eigenvalue weighted by Crippen LogP contribution is 2.32. The molecule has 1 saturated carbocycles. The van der Waals surface area contributed by atoms with Crippen LogP contribution < -0.4 is 0 Å². The Hall–Kier alpha value is 0.310. The molecular formula is C12H24OS. The summed E-state index contributed by atoms with van der Waals surface area (Å²) < 4.78 is 0. The third-order valence-corrected chi connectivity index (χ3v) is 4.30. The molecule has 0 aromatic heterocycles. The normalized spacial score (nSPS) is 29.1. The van der Waals surface area contributed by atoms with Gasteiger partial charge in [0.2, 0.25) is 0 Å². The first kappa shape index (κ1) is 12.4. The third kappa shape index (κ3) is 5.26. The quantitative estimate of drug-likeness (QED) is 0.776. The van der Waals surface area contributed by atoms with Crippen LogP contribution >= 0.6 is 11.8 Å². The van der Waals surface area contributed by atoms with Crippen LogP contribution in [-0.4, -0.2) is 21.7 Å². The van der Waals surface area contributed by atoms with Crippen LogP contribution in [-0.2, 0) is 0 Å². The van der Waals surface area contributed by atoms with Crippen molar-refractivity contribution < 1.29 is 5.11 Å². The van der Waals surface area contributed by atoms with Gasteiger partial charge >= 0.3 is 0 Å². The maximum atomic E-state index is 9.59. The second-order valence-corrected chi connectivity index (χ2v) is 6.74. The second-order valence-electron chi connectivity index (χ2n) is 5.33. The number of hydrogen-bond acceptors (Lipinski definition) is 2. The van der Waals surface area contributed by atoms with Crippen molar-refractivity contribution in [2.75, 3.05) is 5.75 Å². The lowest BCUT2D eigenvalue weighted by molar-refractivity contribution is 0.0777. The third-order valence-electron chi connectivity index (χ3n) is 2.96. The average molecular weight is 216 g/mol. The molecule has 0 heterocycles. The van der Waals surface area contributed by atoms with Gasteiger partial charge in [0.25, 0.3) is 0 Å². The van der Waals surface area contributed by atoms with E-state index in [0.29, 0.717) is 0 Å². The molecule has 0 aromatic carbocycles. The molecule has 0 spiro atoms. The summed E-state index contributed by atoms with van der Waals surface area (Å²) in [6.07, 6.45) is 6.52. The van der Waals surface area contributed by atoms with Crippen LogP contribution in [0, 0.1) is 5.92 Å². The number of aliphatic hydroxyl groups is 1. The summed E-state index contributed by atoms with van der Waals surface area (Å²) in [6, 6.07) is 0. The molecule has 84 valence electrons. The fraction of sp³-hybridized carbons (Fsp3) is 1.00. The zero-order valence-corrected chi connectivity index (χ0v) is 10.6. The summed E-state index contributed by atoms with van der Waals surface area (Å²) in [5, 5.41) is 10.4. The summed E-state index contributed by atoms with van der Waals surface area (Å²) in [5.74, 6) is 2.03. The maximum Gasteiger partial charge on any atom is 0.0599 e. The van der Waals surface area contributed by atoms with E-state index in [4.69, 9.17) is 0 Å². The largest absolute Gasteiger partial charge is 0.390 e. The first-order chi connectivity index (χ1) is 6.47. The van der Waals surface area contributed by atoms with Crippen LogP contribution in [0.4, 0.5) is 0 Å². The van der Waals surface area contributed by atoms with E-state index in [1.807, 2.05) is 13.8 Å². The fourth-order valence-corrected chi connectivity index (χ4v) is 3.75. The summed E-state index contributed by atoms with van der Waals surface area (Å²) in [4.78, 5) is 0. The van der Waals surface area contributed by atoms with Gasteiger partial charge in [-0.25, -0.2) is 0 Å². The molecule has 1 nitrogen and oxygen atoms in total. The molecule has 1 fully saturated rings. The Morgan fingerprint density at radius 2 is 2.07 bits per heavy atom. The Balaban J connectivity index is 2.12. The van der Waals surface area contributed by atoms with Gasteiger partial charge in [0.1, 0.15) is 0 Å². The summed E-state index contributed by atoms with van der Waals surface area (Å²) >= 11 is 2.07. The van der Waals surface area contributed by atoms with Crippen LogP contribution in [0.5, 0.6) is 0 Å². The van der Waals surface area contributed by atoms with Crippen molar-refractivity contribution >= 4 is 11.8 Å². The fourth-order valence-electron chi connectivity index (χ4n) is 2.01. The molecule has 0 aromatic rings. The lowest BCUT2D eigenvalue weighted by Gasteiger charge is -2.27. The summed E-state index contributed by atoms with van der Waals surface area (Å²) in [5.41, 5.74) is -0.479. The van der Waals surface area contributed by atoms with Gasteiger partial charge in [0.05, 0.1) is 5.60 Å². The van der Waals surface area contributed by atoms with Crippen LogP contribution in [0.3, 0.4) is 0 Å². The lowest BCUT2D eigenvalue weighted by atomic mass is 9.91. The van der Waals surface area contributed by atoms with Gasteiger partial charge in [0.15, 0.2) is 0 Å². The number of thioether (sulfide) groups is 1. The van der Waals surface area contributed by atoms with Crippen LogP contribution in [0.25, 0.3) is 0 Å². The Bertz CT molecular complexity index is 162. The minimum Gasteiger partial charge on any atom is -0.390 e.